The maximum atomic E-state index is 10.0. The monoisotopic (exact) mass is 199 g/mol. The van der Waals surface area contributed by atoms with E-state index in [4.69, 9.17) is 5.11 Å². The quantitative estimate of drug-likeness (QED) is 0.590. The molecule has 4 nitrogen and oxygen atoms in total. The molecule has 1 aromatic heterocycles. The van der Waals surface area contributed by atoms with Crippen LogP contribution < -0.4 is 0 Å². The molecule has 0 saturated carbocycles. The second kappa shape index (κ2) is 4.61. The molecular formula is C8H9NO3S. The molecule has 0 radical (unpaired) electrons. The van der Waals surface area contributed by atoms with E-state index >= 15 is 0 Å². The molecule has 1 aromatic rings. The SMILES string of the molecule is Cc1ccsc1C=NOCC(=O)O. The summed E-state index contributed by atoms with van der Waals surface area (Å²) >= 11 is 1.53. The van der Waals surface area contributed by atoms with Crippen LogP contribution in [0, 0.1) is 6.92 Å². The summed E-state index contributed by atoms with van der Waals surface area (Å²) in [5.41, 5.74) is 1.10. The molecule has 1 heterocycles. The first-order valence-corrected chi connectivity index (χ1v) is 4.49. The molecule has 0 bridgehead atoms. The number of hydrogen-bond donors (Lipinski definition) is 1. The Hall–Kier alpha value is -1.36. The zero-order chi connectivity index (χ0) is 9.68. The zero-order valence-electron chi connectivity index (χ0n) is 7.06. The van der Waals surface area contributed by atoms with Crippen LogP contribution in [0.3, 0.4) is 0 Å². The lowest BCUT2D eigenvalue weighted by Crippen LogP contribution is -2.03. The topological polar surface area (TPSA) is 58.9 Å². The van der Waals surface area contributed by atoms with Gasteiger partial charge in [0.05, 0.1) is 11.1 Å². The fraction of sp³-hybridized carbons (Fsp3) is 0.250. The average molecular weight is 199 g/mol. The fourth-order valence-electron chi connectivity index (χ4n) is 0.694. The molecule has 0 unspecified atom stereocenters. The molecular weight excluding hydrogens is 190 g/mol. The Morgan fingerprint density at radius 3 is 3.15 bits per heavy atom. The summed E-state index contributed by atoms with van der Waals surface area (Å²) in [6.45, 7) is 1.55. The van der Waals surface area contributed by atoms with Crippen molar-refractivity contribution in [2.24, 2.45) is 5.16 Å². The van der Waals surface area contributed by atoms with E-state index < -0.39 is 12.6 Å². The Labute approximate surface area is 79.5 Å². The predicted molar refractivity (Wildman–Crippen MR) is 50.2 cm³/mol. The minimum absolute atomic E-state index is 0.402. The van der Waals surface area contributed by atoms with Crippen LogP contribution in [-0.2, 0) is 9.63 Å². The van der Waals surface area contributed by atoms with E-state index in [9.17, 15) is 4.79 Å². The van der Waals surface area contributed by atoms with Crippen molar-refractivity contribution in [3.8, 4) is 0 Å². The molecule has 5 heteroatoms. The molecule has 0 aliphatic heterocycles. The Morgan fingerprint density at radius 1 is 1.85 bits per heavy atom. The van der Waals surface area contributed by atoms with Crippen LogP contribution in [0.5, 0.6) is 0 Å². The number of aryl methyl sites for hydroxylation is 1. The van der Waals surface area contributed by atoms with Crippen LogP contribution in [0.25, 0.3) is 0 Å². The van der Waals surface area contributed by atoms with Crippen LogP contribution >= 0.6 is 11.3 Å². The molecule has 0 atom stereocenters. The molecule has 0 aliphatic rings. The van der Waals surface area contributed by atoms with E-state index in [1.807, 2.05) is 18.4 Å². The number of rotatable bonds is 4. The van der Waals surface area contributed by atoms with E-state index in [2.05, 4.69) is 9.99 Å². The number of thiophene rings is 1. The van der Waals surface area contributed by atoms with Gasteiger partial charge in [0.15, 0.2) is 0 Å². The van der Waals surface area contributed by atoms with Gasteiger partial charge in [-0.15, -0.1) is 11.3 Å². The predicted octanol–water partition coefficient (Wildman–Crippen LogP) is 1.49. The van der Waals surface area contributed by atoms with Crippen molar-refractivity contribution < 1.29 is 14.7 Å². The summed E-state index contributed by atoms with van der Waals surface area (Å²) < 4.78 is 0. The fourth-order valence-corrected chi connectivity index (χ4v) is 1.47. The first-order valence-electron chi connectivity index (χ1n) is 3.61. The van der Waals surface area contributed by atoms with Gasteiger partial charge >= 0.3 is 5.97 Å². The number of nitrogens with zero attached hydrogens (tertiary/aromatic N) is 1. The number of carbonyl (C=O) groups is 1. The number of aliphatic carboxylic acids is 1. The lowest BCUT2D eigenvalue weighted by atomic mass is 10.3. The highest BCUT2D eigenvalue weighted by atomic mass is 32.1. The molecule has 1 rings (SSSR count). The van der Waals surface area contributed by atoms with Crippen molar-refractivity contribution in [1.29, 1.82) is 0 Å². The van der Waals surface area contributed by atoms with Gasteiger partial charge in [0.1, 0.15) is 0 Å². The Bertz CT molecular complexity index is 319. The minimum Gasteiger partial charge on any atom is -0.479 e. The smallest absolute Gasteiger partial charge is 0.344 e. The first-order chi connectivity index (χ1) is 6.20. The Kier molecular flexibility index (Phi) is 3.45. The van der Waals surface area contributed by atoms with Gasteiger partial charge in [0, 0.05) is 0 Å². The van der Waals surface area contributed by atoms with Gasteiger partial charge < -0.3 is 9.94 Å². The second-order valence-corrected chi connectivity index (χ2v) is 3.32. The summed E-state index contributed by atoms with van der Waals surface area (Å²) in [6, 6.07) is 1.96. The standard InChI is InChI=1S/C8H9NO3S/c1-6-2-3-13-7(6)4-9-12-5-8(10)11/h2-4H,5H2,1H3,(H,10,11). The van der Waals surface area contributed by atoms with Crippen LogP contribution in [-0.4, -0.2) is 23.9 Å². The third-order valence-electron chi connectivity index (χ3n) is 1.33. The van der Waals surface area contributed by atoms with Crippen LogP contribution in [0.2, 0.25) is 0 Å². The van der Waals surface area contributed by atoms with Crippen LogP contribution in [0.1, 0.15) is 10.4 Å². The van der Waals surface area contributed by atoms with E-state index in [1.165, 1.54) is 17.6 Å². The molecule has 0 aromatic carbocycles. The Morgan fingerprint density at radius 2 is 2.62 bits per heavy atom. The van der Waals surface area contributed by atoms with Gasteiger partial charge in [-0.1, -0.05) is 5.16 Å². The molecule has 0 amide bonds. The number of oxime groups is 1. The number of carboxylic acids is 1. The number of carboxylic acid groups (broad SMARTS) is 1. The molecule has 0 saturated heterocycles. The second-order valence-electron chi connectivity index (χ2n) is 2.37. The van der Waals surface area contributed by atoms with Crippen molar-refractivity contribution in [2.75, 3.05) is 6.61 Å². The van der Waals surface area contributed by atoms with E-state index in [1.54, 1.807) is 0 Å². The average Bonchev–Trinajstić information content (AvgIpc) is 2.45. The van der Waals surface area contributed by atoms with Gasteiger partial charge in [0.25, 0.3) is 0 Å². The lowest BCUT2D eigenvalue weighted by molar-refractivity contribution is -0.142. The van der Waals surface area contributed by atoms with E-state index in [0.717, 1.165) is 10.4 Å². The van der Waals surface area contributed by atoms with Gasteiger partial charge in [-0.2, -0.15) is 0 Å². The largest absolute Gasteiger partial charge is 0.479 e. The summed E-state index contributed by atoms with van der Waals surface area (Å²) in [5.74, 6) is -1.03. The normalized spacial score (nSPS) is 10.5. The highest BCUT2D eigenvalue weighted by Gasteiger charge is 1.96. The van der Waals surface area contributed by atoms with E-state index in [0.29, 0.717) is 0 Å². The van der Waals surface area contributed by atoms with Gasteiger partial charge in [-0.25, -0.2) is 4.79 Å². The zero-order valence-corrected chi connectivity index (χ0v) is 7.87. The minimum atomic E-state index is -1.03. The lowest BCUT2D eigenvalue weighted by Gasteiger charge is -1.92. The summed E-state index contributed by atoms with van der Waals surface area (Å²) in [6.07, 6.45) is 1.52. The molecule has 70 valence electrons. The Balaban J connectivity index is 2.41. The highest BCUT2D eigenvalue weighted by molar-refractivity contribution is 7.11. The van der Waals surface area contributed by atoms with Gasteiger partial charge in [0.2, 0.25) is 6.61 Å². The van der Waals surface area contributed by atoms with Gasteiger partial charge in [-0.3, -0.25) is 0 Å². The summed E-state index contributed by atoms with van der Waals surface area (Å²) in [7, 11) is 0. The molecule has 13 heavy (non-hydrogen) atoms. The molecule has 1 N–H and O–H groups in total. The van der Waals surface area contributed by atoms with E-state index in [-0.39, 0.29) is 0 Å². The van der Waals surface area contributed by atoms with Crippen molar-refractivity contribution in [3.63, 3.8) is 0 Å². The third-order valence-corrected chi connectivity index (χ3v) is 2.29. The molecule has 0 spiro atoms. The molecule has 0 aliphatic carbocycles. The first kappa shape index (κ1) is 9.73. The van der Waals surface area contributed by atoms with Crippen LogP contribution in [0.4, 0.5) is 0 Å². The maximum Gasteiger partial charge on any atom is 0.344 e. The maximum absolute atomic E-state index is 10.0. The van der Waals surface area contributed by atoms with Crippen molar-refractivity contribution in [1.82, 2.24) is 0 Å². The number of hydrogen-bond acceptors (Lipinski definition) is 4. The van der Waals surface area contributed by atoms with Crippen molar-refractivity contribution in [3.05, 3.63) is 21.9 Å². The van der Waals surface area contributed by atoms with Crippen molar-refractivity contribution >= 4 is 23.5 Å². The van der Waals surface area contributed by atoms with Crippen LogP contribution in [0.15, 0.2) is 16.6 Å². The third kappa shape index (κ3) is 3.25. The van der Waals surface area contributed by atoms with Crippen molar-refractivity contribution in [2.45, 2.75) is 6.92 Å². The summed E-state index contributed by atoms with van der Waals surface area (Å²) in [4.78, 5) is 15.5. The summed E-state index contributed by atoms with van der Waals surface area (Å²) in [5, 5.41) is 13.7. The van der Waals surface area contributed by atoms with Gasteiger partial charge in [-0.05, 0) is 23.9 Å². The molecule has 0 fully saturated rings. The highest BCUT2D eigenvalue weighted by Crippen LogP contribution is 2.12.